The van der Waals surface area contributed by atoms with Crippen LogP contribution in [0.25, 0.3) is 0 Å². The van der Waals surface area contributed by atoms with Gasteiger partial charge in [0.05, 0.1) is 12.8 Å². The van der Waals surface area contributed by atoms with Crippen LogP contribution in [0.5, 0.6) is 0 Å². The van der Waals surface area contributed by atoms with Crippen LogP contribution in [0.2, 0.25) is 0 Å². The Morgan fingerprint density at radius 1 is 1.10 bits per heavy atom. The summed E-state index contributed by atoms with van der Waals surface area (Å²) in [5, 5.41) is 18.6. The third kappa shape index (κ3) is 10.8. The highest BCUT2D eigenvalue weighted by molar-refractivity contribution is 8.76. The maximum atomic E-state index is 12.3. The van der Waals surface area contributed by atoms with Gasteiger partial charge in [-0.1, -0.05) is 51.9 Å². The lowest BCUT2D eigenvalue weighted by Gasteiger charge is -2.28. The Morgan fingerprint density at radius 2 is 1.71 bits per heavy atom. The number of carbonyl (C=O) groups is 3. The van der Waals surface area contributed by atoms with E-state index < -0.39 is 23.7 Å². The third-order valence-electron chi connectivity index (χ3n) is 4.08. The zero-order chi connectivity index (χ0) is 23.3. The number of carboxylic acid groups (broad SMARTS) is 2. The van der Waals surface area contributed by atoms with Crippen molar-refractivity contribution in [1.29, 1.82) is 0 Å². The summed E-state index contributed by atoms with van der Waals surface area (Å²) in [6, 6.07) is 9.95. The van der Waals surface area contributed by atoms with E-state index in [4.69, 9.17) is 19.7 Å². The van der Waals surface area contributed by atoms with Crippen molar-refractivity contribution in [3.8, 4) is 0 Å². The number of rotatable bonds is 10. The zero-order valence-corrected chi connectivity index (χ0v) is 18.2. The molecule has 1 unspecified atom stereocenters. The van der Waals surface area contributed by atoms with Gasteiger partial charge in [0, 0.05) is 24.7 Å². The van der Waals surface area contributed by atoms with E-state index in [0.29, 0.717) is 25.3 Å². The van der Waals surface area contributed by atoms with Crippen molar-refractivity contribution in [2.24, 2.45) is 0 Å². The standard InChI is InChI=1S/C17H23NO4S2.C2HF3O2/c19-15(18-9-12-24-23-11-7-16(20)21)13-17(8-4-10-22-17)14-5-2-1-3-6-14;3-2(4,5)1(6)7/h1-3,5-6H,4,7-13H2,(H,18,19)(H,20,21);(H,6,7). The molecule has 1 aromatic rings. The molecule has 7 nitrogen and oxygen atoms in total. The van der Waals surface area contributed by atoms with E-state index in [9.17, 15) is 22.8 Å². The van der Waals surface area contributed by atoms with Crippen LogP contribution in [0.3, 0.4) is 0 Å². The van der Waals surface area contributed by atoms with Crippen molar-refractivity contribution in [2.75, 3.05) is 24.7 Å². The lowest BCUT2D eigenvalue weighted by molar-refractivity contribution is -0.192. The minimum atomic E-state index is -5.08. The molecule has 0 aliphatic carbocycles. The molecule has 1 fully saturated rings. The molecule has 1 aliphatic heterocycles. The molecule has 3 N–H and O–H groups in total. The fraction of sp³-hybridized carbons (Fsp3) is 0.526. The molecular weight excluding hydrogens is 459 g/mol. The van der Waals surface area contributed by atoms with Gasteiger partial charge in [-0.2, -0.15) is 13.2 Å². The zero-order valence-electron chi connectivity index (χ0n) is 16.5. The highest BCUT2D eigenvalue weighted by Gasteiger charge is 2.39. The number of nitrogens with one attached hydrogen (secondary N) is 1. The number of halogens is 3. The van der Waals surface area contributed by atoms with Crippen LogP contribution < -0.4 is 5.32 Å². The molecule has 0 aromatic heterocycles. The van der Waals surface area contributed by atoms with Crippen molar-refractivity contribution >= 4 is 39.4 Å². The van der Waals surface area contributed by atoms with E-state index in [1.54, 1.807) is 10.8 Å². The van der Waals surface area contributed by atoms with E-state index in [0.717, 1.165) is 24.2 Å². The van der Waals surface area contributed by atoms with E-state index in [1.165, 1.54) is 10.8 Å². The molecule has 1 aliphatic rings. The molecule has 174 valence electrons. The maximum Gasteiger partial charge on any atom is 0.490 e. The van der Waals surface area contributed by atoms with Gasteiger partial charge in [0.15, 0.2) is 0 Å². The number of hydrogen-bond donors (Lipinski definition) is 3. The van der Waals surface area contributed by atoms with E-state index in [2.05, 4.69) is 5.32 Å². The quantitative estimate of drug-likeness (QED) is 0.341. The van der Waals surface area contributed by atoms with Crippen LogP contribution in [0.15, 0.2) is 30.3 Å². The molecule has 0 bridgehead atoms. The molecule has 12 heteroatoms. The summed E-state index contributed by atoms with van der Waals surface area (Å²) in [4.78, 5) is 31.6. The van der Waals surface area contributed by atoms with E-state index in [-0.39, 0.29) is 12.3 Å². The number of amides is 1. The lowest BCUT2D eigenvalue weighted by atomic mass is 9.87. The smallest absolute Gasteiger partial charge is 0.481 e. The minimum absolute atomic E-state index is 0.00288. The molecule has 1 aromatic carbocycles. The second kappa shape index (κ2) is 13.5. The van der Waals surface area contributed by atoms with Gasteiger partial charge in [-0.05, 0) is 18.4 Å². The highest BCUT2D eigenvalue weighted by Crippen LogP contribution is 2.39. The molecule has 1 atom stereocenters. The first kappa shape index (κ1) is 27.1. The fourth-order valence-corrected chi connectivity index (χ4v) is 4.60. The largest absolute Gasteiger partial charge is 0.490 e. The molecule has 1 heterocycles. The second-order valence-electron chi connectivity index (χ2n) is 6.43. The predicted molar refractivity (Wildman–Crippen MR) is 112 cm³/mol. The molecule has 0 spiro atoms. The first-order chi connectivity index (χ1) is 14.6. The van der Waals surface area contributed by atoms with Crippen molar-refractivity contribution in [3.63, 3.8) is 0 Å². The average Bonchev–Trinajstić information content (AvgIpc) is 3.17. The second-order valence-corrected chi connectivity index (χ2v) is 9.13. The van der Waals surface area contributed by atoms with Crippen LogP contribution in [0.1, 0.15) is 31.2 Å². The molecule has 0 saturated carbocycles. The topological polar surface area (TPSA) is 113 Å². The Balaban J connectivity index is 0.000000592. The van der Waals surface area contributed by atoms with Crippen molar-refractivity contribution in [1.82, 2.24) is 5.32 Å². The Kier molecular flexibility index (Phi) is 11.8. The van der Waals surface area contributed by atoms with Gasteiger partial charge in [-0.3, -0.25) is 9.59 Å². The Bertz CT molecular complexity index is 712. The SMILES string of the molecule is O=C(O)C(F)(F)F.O=C(O)CCSSCCNC(=O)CC1(c2ccccc2)CCCO1. The van der Waals surface area contributed by atoms with Gasteiger partial charge in [-0.25, -0.2) is 4.79 Å². The monoisotopic (exact) mass is 483 g/mol. The van der Waals surface area contributed by atoms with Gasteiger partial charge in [0.25, 0.3) is 0 Å². The lowest BCUT2D eigenvalue weighted by Crippen LogP contribution is -2.35. The summed E-state index contributed by atoms with van der Waals surface area (Å²) < 4.78 is 37.7. The van der Waals surface area contributed by atoms with Gasteiger partial charge < -0.3 is 20.3 Å². The minimum Gasteiger partial charge on any atom is -0.481 e. The summed E-state index contributed by atoms with van der Waals surface area (Å²) in [6.07, 6.45) is -2.74. The van der Waals surface area contributed by atoms with Gasteiger partial charge >= 0.3 is 18.1 Å². The number of benzene rings is 1. The summed E-state index contributed by atoms with van der Waals surface area (Å²) in [7, 11) is 3.10. The molecule has 31 heavy (non-hydrogen) atoms. The molecule has 2 rings (SSSR count). The number of carbonyl (C=O) groups excluding carboxylic acids is 1. The summed E-state index contributed by atoms with van der Waals surface area (Å²) in [6.45, 7) is 1.27. The first-order valence-electron chi connectivity index (χ1n) is 9.29. The number of carboxylic acids is 2. The van der Waals surface area contributed by atoms with Crippen LogP contribution in [0, 0.1) is 0 Å². The highest BCUT2D eigenvalue weighted by atomic mass is 33.1. The van der Waals surface area contributed by atoms with Gasteiger partial charge in [0.1, 0.15) is 5.60 Å². The van der Waals surface area contributed by atoms with Crippen LogP contribution >= 0.6 is 21.6 Å². The van der Waals surface area contributed by atoms with Crippen LogP contribution in [-0.4, -0.2) is 58.9 Å². The molecule has 1 amide bonds. The third-order valence-corrected chi connectivity index (χ3v) is 6.49. The van der Waals surface area contributed by atoms with Gasteiger partial charge in [0.2, 0.25) is 5.91 Å². The number of aliphatic carboxylic acids is 2. The Hall–Kier alpha value is -1.92. The normalized spacial score (nSPS) is 18.0. The number of ether oxygens (including phenoxy) is 1. The van der Waals surface area contributed by atoms with Crippen molar-refractivity contribution < 1.29 is 42.5 Å². The molecule has 1 saturated heterocycles. The maximum absolute atomic E-state index is 12.3. The Labute approximate surface area is 185 Å². The summed E-state index contributed by atoms with van der Waals surface area (Å²) in [5.74, 6) is -2.20. The average molecular weight is 484 g/mol. The Morgan fingerprint density at radius 3 is 2.23 bits per heavy atom. The van der Waals surface area contributed by atoms with E-state index >= 15 is 0 Å². The predicted octanol–water partition coefficient (Wildman–Crippen LogP) is 3.69. The molecule has 0 radical (unpaired) electrons. The summed E-state index contributed by atoms with van der Waals surface area (Å²) >= 11 is 0. The molecular formula is C19H24F3NO6S2. The first-order valence-corrected chi connectivity index (χ1v) is 11.8. The van der Waals surface area contributed by atoms with E-state index in [1.807, 2.05) is 30.3 Å². The van der Waals surface area contributed by atoms with Crippen molar-refractivity contribution in [2.45, 2.75) is 37.5 Å². The van der Waals surface area contributed by atoms with Crippen LogP contribution in [-0.2, 0) is 24.7 Å². The van der Waals surface area contributed by atoms with Gasteiger partial charge in [-0.15, -0.1) is 0 Å². The number of alkyl halides is 3. The summed E-state index contributed by atoms with van der Waals surface area (Å²) in [5.41, 5.74) is 0.575. The van der Waals surface area contributed by atoms with Crippen LogP contribution in [0.4, 0.5) is 13.2 Å². The van der Waals surface area contributed by atoms with Crippen molar-refractivity contribution in [3.05, 3.63) is 35.9 Å². The fourth-order valence-electron chi connectivity index (χ4n) is 2.71. The number of hydrogen-bond acceptors (Lipinski definition) is 6.